The molecule has 0 saturated heterocycles. The highest BCUT2D eigenvalue weighted by Crippen LogP contribution is 2.38. The zero-order valence-corrected chi connectivity index (χ0v) is 22.0. The van der Waals surface area contributed by atoms with Gasteiger partial charge in [-0.05, 0) is 18.9 Å². The van der Waals surface area contributed by atoms with E-state index >= 15 is 0 Å². The van der Waals surface area contributed by atoms with E-state index < -0.39 is 55.2 Å². The number of aliphatic imine (C=N–C) groups is 1. The van der Waals surface area contributed by atoms with Crippen LogP contribution in [0, 0.1) is 5.92 Å². The van der Waals surface area contributed by atoms with Crippen molar-refractivity contribution in [1.82, 2.24) is 5.32 Å². The maximum absolute atomic E-state index is 13.6. The molecule has 11 heteroatoms. The number of nitrogens with zero attached hydrogens (tertiary/aromatic N) is 2. The van der Waals surface area contributed by atoms with E-state index in [-0.39, 0.29) is 0 Å². The summed E-state index contributed by atoms with van der Waals surface area (Å²) in [5, 5.41) is 2.48. The minimum absolute atomic E-state index is 0.297. The van der Waals surface area contributed by atoms with Crippen molar-refractivity contribution in [2.24, 2.45) is 16.6 Å². The van der Waals surface area contributed by atoms with Crippen LogP contribution < -0.4 is 20.7 Å². The van der Waals surface area contributed by atoms with Crippen molar-refractivity contribution in [2.45, 2.75) is 58.3 Å². The Bertz CT molecular complexity index is 1200. The quantitative estimate of drug-likeness (QED) is 0.538. The van der Waals surface area contributed by atoms with Gasteiger partial charge in [0, 0.05) is 36.4 Å². The van der Waals surface area contributed by atoms with Crippen LogP contribution in [0.3, 0.4) is 0 Å². The average Bonchev–Trinajstić information content (AvgIpc) is 3.17. The smallest absolute Gasteiger partial charge is 0.389 e. The molecule has 8 nitrogen and oxygen atoms in total. The van der Waals surface area contributed by atoms with Gasteiger partial charge >= 0.3 is 6.18 Å². The van der Waals surface area contributed by atoms with Crippen LogP contribution in [-0.2, 0) is 14.4 Å². The van der Waals surface area contributed by atoms with Crippen molar-refractivity contribution in [3.63, 3.8) is 0 Å². The van der Waals surface area contributed by atoms with Crippen molar-refractivity contribution in [3.05, 3.63) is 59.7 Å². The van der Waals surface area contributed by atoms with Gasteiger partial charge in [-0.2, -0.15) is 13.2 Å². The van der Waals surface area contributed by atoms with Crippen molar-refractivity contribution in [2.75, 3.05) is 18.1 Å². The maximum Gasteiger partial charge on any atom is 0.389 e. The Kier molecular flexibility index (Phi) is 10.1. The lowest BCUT2D eigenvalue weighted by Crippen LogP contribution is -2.49. The lowest BCUT2D eigenvalue weighted by Gasteiger charge is -2.25. The fraction of sp³-hybridized carbons (Fsp3) is 0.429. The summed E-state index contributed by atoms with van der Waals surface area (Å²) in [6, 6.07) is 14.3. The number of amides is 3. The van der Waals surface area contributed by atoms with E-state index in [0.29, 0.717) is 47.8 Å². The molecule has 2 aromatic rings. The number of nitrogens with one attached hydrogen (secondary N) is 1. The van der Waals surface area contributed by atoms with E-state index in [0.717, 1.165) is 0 Å². The van der Waals surface area contributed by atoms with Crippen LogP contribution in [0.15, 0.2) is 53.5 Å². The highest BCUT2D eigenvalue weighted by molar-refractivity contribution is 6.21. The first-order chi connectivity index (χ1) is 18.6. The molecule has 2 aromatic carbocycles. The molecule has 2 heterocycles. The molecular weight excluding hydrogens is 513 g/mol. The van der Waals surface area contributed by atoms with Crippen molar-refractivity contribution in [3.8, 4) is 5.75 Å². The van der Waals surface area contributed by atoms with Gasteiger partial charge in [0.1, 0.15) is 5.75 Å². The van der Waals surface area contributed by atoms with Crippen LogP contribution >= 0.6 is 0 Å². The standard InChI is InChI=1S/C25H25F3N4O4.C3H8/c26-25(27,28)11-10-16(14-19(29)33)23(34)31-22-24(35)32-12-5-13-36-18-9-4-8-17(21(18)32)20(30-22)15-6-2-1-3-7-15;1-3-2/h1-4,6-9,16,22H,5,10-14H2,(H2,29,33)(H,31,34);3H2,1-2H3. The van der Waals surface area contributed by atoms with E-state index in [1.165, 1.54) is 11.3 Å². The molecule has 2 aliphatic heterocycles. The number of primary amides is 1. The molecule has 4 rings (SSSR count). The van der Waals surface area contributed by atoms with Gasteiger partial charge in [-0.15, -0.1) is 0 Å². The van der Waals surface area contributed by atoms with Gasteiger partial charge in [-0.3, -0.25) is 14.4 Å². The van der Waals surface area contributed by atoms with Gasteiger partial charge in [-0.25, -0.2) is 4.99 Å². The molecular formula is C28H33F3N4O4. The third-order valence-corrected chi connectivity index (χ3v) is 5.99. The number of alkyl halides is 3. The fourth-order valence-electron chi connectivity index (χ4n) is 4.33. The van der Waals surface area contributed by atoms with Crippen LogP contribution in [0.2, 0.25) is 0 Å². The number of hydrogen-bond acceptors (Lipinski definition) is 5. The Morgan fingerprint density at radius 2 is 1.85 bits per heavy atom. The molecule has 210 valence electrons. The number of nitrogens with two attached hydrogens (primary N) is 1. The van der Waals surface area contributed by atoms with E-state index in [4.69, 9.17) is 10.5 Å². The van der Waals surface area contributed by atoms with Crippen molar-refractivity contribution >= 4 is 29.1 Å². The predicted octanol–water partition coefficient (Wildman–Crippen LogP) is 4.35. The molecule has 0 bridgehead atoms. The highest BCUT2D eigenvalue weighted by Gasteiger charge is 2.38. The number of rotatable bonds is 7. The van der Waals surface area contributed by atoms with E-state index in [1.54, 1.807) is 42.5 Å². The molecule has 0 aliphatic carbocycles. The summed E-state index contributed by atoms with van der Waals surface area (Å²) in [7, 11) is 0. The summed E-state index contributed by atoms with van der Waals surface area (Å²) in [6.07, 6.45) is -6.66. The third-order valence-electron chi connectivity index (χ3n) is 5.99. The highest BCUT2D eigenvalue weighted by atomic mass is 19.4. The molecule has 0 saturated carbocycles. The lowest BCUT2D eigenvalue weighted by molar-refractivity contribution is -0.143. The van der Waals surface area contributed by atoms with Crippen molar-refractivity contribution in [1.29, 1.82) is 0 Å². The summed E-state index contributed by atoms with van der Waals surface area (Å²) < 4.78 is 44.3. The van der Waals surface area contributed by atoms with E-state index in [9.17, 15) is 27.6 Å². The molecule has 2 aliphatic rings. The normalized spacial score (nSPS) is 17.3. The van der Waals surface area contributed by atoms with Crippen LogP contribution in [0.5, 0.6) is 5.75 Å². The van der Waals surface area contributed by atoms with Crippen LogP contribution in [0.4, 0.5) is 18.9 Å². The van der Waals surface area contributed by atoms with Crippen LogP contribution in [0.1, 0.15) is 57.1 Å². The predicted molar refractivity (Wildman–Crippen MR) is 141 cm³/mol. The summed E-state index contributed by atoms with van der Waals surface area (Å²) in [6.45, 7) is 4.93. The Balaban J connectivity index is 0.00000134. The van der Waals surface area contributed by atoms with Crippen LogP contribution in [-0.4, -0.2) is 48.9 Å². The first-order valence-corrected chi connectivity index (χ1v) is 12.9. The van der Waals surface area contributed by atoms with Gasteiger partial charge in [0.15, 0.2) is 0 Å². The number of carbonyl (C=O) groups is 3. The molecule has 3 N–H and O–H groups in total. The third kappa shape index (κ3) is 7.81. The summed E-state index contributed by atoms with van der Waals surface area (Å²) in [5.74, 6) is -3.24. The van der Waals surface area contributed by atoms with E-state index in [2.05, 4.69) is 24.2 Å². The number of para-hydroxylation sites is 1. The summed E-state index contributed by atoms with van der Waals surface area (Å²) in [4.78, 5) is 44.2. The number of benzene rings is 2. The molecule has 0 fully saturated rings. The number of hydrogen-bond donors (Lipinski definition) is 2. The Hall–Kier alpha value is -3.89. The second-order valence-corrected chi connectivity index (χ2v) is 9.33. The number of halogens is 3. The first-order valence-electron chi connectivity index (χ1n) is 12.9. The molecule has 3 amide bonds. The van der Waals surface area contributed by atoms with Gasteiger partial charge in [0.2, 0.25) is 18.0 Å². The zero-order valence-electron chi connectivity index (χ0n) is 22.0. The first kappa shape index (κ1) is 29.7. The minimum atomic E-state index is -4.52. The van der Waals surface area contributed by atoms with Crippen molar-refractivity contribution < 1.29 is 32.3 Å². The topological polar surface area (TPSA) is 114 Å². The fourth-order valence-corrected chi connectivity index (χ4v) is 4.33. The maximum atomic E-state index is 13.6. The van der Waals surface area contributed by atoms with E-state index in [1.807, 2.05) is 6.07 Å². The molecule has 39 heavy (non-hydrogen) atoms. The minimum Gasteiger partial charge on any atom is -0.491 e. The molecule has 0 radical (unpaired) electrons. The van der Waals surface area contributed by atoms with Gasteiger partial charge in [0.05, 0.1) is 18.0 Å². The number of carbonyl (C=O) groups excluding carboxylic acids is 3. The lowest BCUT2D eigenvalue weighted by atomic mass is 9.97. The monoisotopic (exact) mass is 546 g/mol. The SMILES string of the molecule is CCC.NC(=O)CC(CCC(F)(F)F)C(=O)NC1N=C(c2ccccc2)c2cccc3c2N(CCCO3)C1=O. The largest absolute Gasteiger partial charge is 0.491 e. The average molecular weight is 547 g/mol. The second-order valence-electron chi connectivity index (χ2n) is 9.33. The summed E-state index contributed by atoms with van der Waals surface area (Å²) >= 11 is 0. The summed E-state index contributed by atoms with van der Waals surface area (Å²) in [5.41, 5.74) is 7.41. The van der Waals surface area contributed by atoms with Gasteiger partial charge < -0.3 is 20.7 Å². The number of ether oxygens (including phenoxy) is 1. The molecule has 2 unspecified atom stereocenters. The zero-order chi connectivity index (χ0) is 28.6. The Morgan fingerprint density at radius 1 is 1.15 bits per heavy atom. The molecule has 0 spiro atoms. The Morgan fingerprint density at radius 3 is 2.49 bits per heavy atom. The van der Waals surface area contributed by atoms with Gasteiger partial charge in [-0.1, -0.05) is 62.7 Å². The second kappa shape index (κ2) is 13.3. The molecule has 2 atom stereocenters. The Labute approximate surface area is 225 Å². The molecule has 0 aromatic heterocycles. The van der Waals surface area contributed by atoms with Gasteiger partial charge in [0.25, 0.3) is 5.91 Å². The number of anilines is 1. The van der Waals surface area contributed by atoms with Crippen LogP contribution in [0.25, 0.3) is 0 Å².